The number of carbonyl (C=O) groups is 1. The van der Waals surface area contributed by atoms with Crippen LogP contribution >= 0.6 is 35.6 Å². The van der Waals surface area contributed by atoms with Crippen LogP contribution in [0.25, 0.3) is 0 Å². The normalized spacial score (nSPS) is 15.4. The predicted octanol–water partition coefficient (Wildman–Crippen LogP) is 5.42. The number of hydrogen-bond acceptors (Lipinski definition) is 2. The number of carboxylic acids is 1. The zero-order valence-electron chi connectivity index (χ0n) is 11.9. The highest BCUT2D eigenvalue weighted by atomic mass is 35.5. The van der Waals surface area contributed by atoms with Gasteiger partial charge in [-0.3, -0.25) is 0 Å². The number of benzene rings is 1. The molecule has 0 aromatic heterocycles. The second kappa shape index (κ2) is 8.11. The van der Waals surface area contributed by atoms with Gasteiger partial charge in [-0.05, 0) is 30.9 Å². The Bertz CT molecular complexity index is 514. The SMILES string of the molecule is CCc1c(Cl)c(NC2CCCCC2)cc(C(=O)O)c1Cl.Cl. The van der Waals surface area contributed by atoms with Crippen LogP contribution in [-0.4, -0.2) is 17.1 Å². The van der Waals surface area contributed by atoms with Gasteiger partial charge in [0.1, 0.15) is 0 Å². The Balaban J connectivity index is 0.00000220. The molecule has 2 N–H and O–H groups in total. The van der Waals surface area contributed by atoms with Crippen LogP contribution in [0.5, 0.6) is 0 Å². The molecule has 1 aliphatic carbocycles. The highest BCUT2D eigenvalue weighted by Crippen LogP contribution is 2.36. The van der Waals surface area contributed by atoms with Crippen molar-refractivity contribution < 1.29 is 9.90 Å². The molecule has 0 aliphatic heterocycles. The summed E-state index contributed by atoms with van der Waals surface area (Å²) < 4.78 is 0. The van der Waals surface area contributed by atoms with Crippen LogP contribution in [0.15, 0.2) is 6.07 Å². The van der Waals surface area contributed by atoms with E-state index in [9.17, 15) is 9.90 Å². The predicted molar refractivity (Wildman–Crippen MR) is 90.5 cm³/mol. The van der Waals surface area contributed by atoms with Crippen LogP contribution < -0.4 is 5.32 Å². The first kappa shape index (κ1) is 18.4. The summed E-state index contributed by atoms with van der Waals surface area (Å²) in [6, 6.07) is 1.93. The third-order valence-corrected chi connectivity index (χ3v) is 4.70. The highest BCUT2D eigenvalue weighted by molar-refractivity contribution is 6.39. The lowest BCUT2D eigenvalue weighted by atomic mass is 9.95. The van der Waals surface area contributed by atoms with Crippen molar-refractivity contribution in [2.45, 2.75) is 51.5 Å². The lowest BCUT2D eigenvalue weighted by Gasteiger charge is -2.25. The van der Waals surface area contributed by atoms with Gasteiger partial charge in [-0.25, -0.2) is 4.79 Å². The van der Waals surface area contributed by atoms with E-state index in [4.69, 9.17) is 23.2 Å². The number of hydrogen-bond donors (Lipinski definition) is 2. The fourth-order valence-electron chi connectivity index (χ4n) is 2.73. The molecule has 0 spiro atoms. The molecule has 0 saturated heterocycles. The molecule has 0 atom stereocenters. The Morgan fingerprint density at radius 3 is 2.43 bits per heavy atom. The van der Waals surface area contributed by atoms with Gasteiger partial charge in [-0.2, -0.15) is 0 Å². The van der Waals surface area contributed by atoms with Crippen molar-refractivity contribution in [3.05, 3.63) is 27.2 Å². The maximum atomic E-state index is 11.3. The number of rotatable bonds is 4. The van der Waals surface area contributed by atoms with Gasteiger partial charge < -0.3 is 10.4 Å². The van der Waals surface area contributed by atoms with Gasteiger partial charge in [0.05, 0.1) is 21.3 Å². The first-order valence-corrected chi connectivity index (χ1v) is 7.80. The number of anilines is 1. The van der Waals surface area contributed by atoms with Crippen molar-refractivity contribution in [1.29, 1.82) is 0 Å². The van der Waals surface area contributed by atoms with E-state index < -0.39 is 5.97 Å². The summed E-state index contributed by atoms with van der Waals surface area (Å²) in [4.78, 5) is 11.3. The van der Waals surface area contributed by atoms with Crippen LogP contribution in [0.2, 0.25) is 10.0 Å². The van der Waals surface area contributed by atoms with Gasteiger partial charge in [0.15, 0.2) is 0 Å². The zero-order valence-corrected chi connectivity index (χ0v) is 14.2. The standard InChI is InChI=1S/C15H19Cl2NO2.ClH/c1-2-10-13(16)11(15(19)20)8-12(14(10)17)18-9-6-4-3-5-7-9;/h8-9,18H,2-7H2,1H3,(H,19,20);1H. The van der Waals surface area contributed by atoms with E-state index in [1.807, 2.05) is 6.92 Å². The lowest BCUT2D eigenvalue weighted by molar-refractivity contribution is 0.0697. The molecule has 118 valence electrons. The van der Waals surface area contributed by atoms with Crippen LogP contribution in [0, 0.1) is 0 Å². The summed E-state index contributed by atoms with van der Waals surface area (Å²) in [5.74, 6) is -1.02. The van der Waals surface area contributed by atoms with Gasteiger partial charge in [0.2, 0.25) is 0 Å². The largest absolute Gasteiger partial charge is 0.478 e. The van der Waals surface area contributed by atoms with Crippen LogP contribution in [0.1, 0.15) is 54.9 Å². The molecule has 0 amide bonds. The van der Waals surface area contributed by atoms with Gasteiger partial charge in [0, 0.05) is 6.04 Å². The van der Waals surface area contributed by atoms with Gasteiger partial charge in [-0.1, -0.05) is 49.4 Å². The summed E-state index contributed by atoms with van der Waals surface area (Å²) in [5, 5.41) is 13.4. The third kappa shape index (κ3) is 4.18. The molecule has 0 bridgehead atoms. The maximum Gasteiger partial charge on any atom is 0.337 e. The minimum absolute atomic E-state index is 0. The molecule has 1 aliphatic rings. The molecule has 21 heavy (non-hydrogen) atoms. The molecule has 6 heteroatoms. The van der Waals surface area contributed by atoms with E-state index in [-0.39, 0.29) is 23.0 Å². The Morgan fingerprint density at radius 1 is 1.29 bits per heavy atom. The van der Waals surface area contributed by atoms with Crippen molar-refractivity contribution in [3.63, 3.8) is 0 Å². The fourth-order valence-corrected chi connectivity index (χ4v) is 3.48. The molecule has 0 heterocycles. The van der Waals surface area contributed by atoms with Gasteiger partial charge >= 0.3 is 5.97 Å². The minimum Gasteiger partial charge on any atom is -0.478 e. The van der Waals surface area contributed by atoms with Crippen molar-refractivity contribution in [2.75, 3.05) is 5.32 Å². The monoisotopic (exact) mass is 351 g/mol. The highest BCUT2D eigenvalue weighted by Gasteiger charge is 2.21. The molecule has 2 rings (SSSR count). The number of aromatic carboxylic acids is 1. The van der Waals surface area contributed by atoms with E-state index in [0.29, 0.717) is 28.7 Å². The van der Waals surface area contributed by atoms with Crippen LogP contribution in [0.3, 0.4) is 0 Å². The summed E-state index contributed by atoms with van der Waals surface area (Å²) in [5.41, 5.74) is 1.51. The molecule has 1 aromatic rings. The van der Waals surface area contributed by atoms with Crippen molar-refractivity contribution in [3.8, 4) is 0 Å². The first-order valence-electron chi connectivity index (χ1n) is 7.05. The molecule has 0 unspecified atom stereocenters. The summed E-state index contributed by atoms with van der Waals surface area (Å²) in [7, 11) is 0. The van der Waals surface area contributed by atoms with Crippen LogP contribution in [-0.2, 0) is 6.42 Å². The second-order valence-electron chi connectivity index (χ2n) is 5.22. The van der Waals surface area contributed by atoms with E-state index in [1.165, 1.54) is 19.3 Å². The molecular weight excluding hydrogens is 333 g/mol. The number of halogens is 3. The third-order valence-electron chi connectivity index (χ3n) is 3.84. The van der Waals surface area contributed by atoms with Crippen molar-refractivity contribution in [1.82, 2.24) is 0 Å². The van der Waals surface area contributed by atoms with E-state index in [0.717, 1.165) is 12.8 Å². The Labute approximate surface area is 141 Å². The zero-order chi connectivity index (χ0) is 14.7. The Kier molecular flexibility index (Phi) is 7.11. The minimum atomic E-state index is -1.02. The van der Waals surface area contributed by atoms with Gasteiger partial charge in [-0.15, -0.1) is 12.4 Å². The molecule has 0 radical (unpaired) electrons. The molecule has 1 saturated carbocycles. The Hall–Kier alpha value is -0.640. The van der Waals surface area contributed by atoms with Crippen molar-refractivity contribution >= 4 is 47.3 Å². The molecule has 3 nitrogen and oxygen atoms in total. The number of carboxylic acid groups (broad SMARTS) is 1. The molecule has 1 fully saturated rings. The molecule has 1 aromatic carbocycles. The first-order chi connectivity index (χ1) is 9.54. The smallest absolute Gasteiger partial charge is 0.337 e. The number of nitrogens with one attached hydrogen (secondary N) is 1. The average molecular weight is 353 g/mol. The van der Waals surface area contributed by atoms with E-state index in [1.54, 1.807) is 6.07 Å². The van der Waals surface area contributed by atoms with E-state index in [2.05, 4.69) is 5.32 Å². The summed E-state index contributed by atoms with van der Waals surface area (Å²) >= 11 is 12.5. The Morgan fingerprint density at radius 2 is 1.90 bits per heavy atom. The van der Waals surface area contributed by atoms with E-state index >= 15 is 0 Å². The average Bonchev–Trinajstić information content (AvgIpc) is 2.43. The topological polar surface area (TPSA) is 49.3 Å². The molecular formula is C15H20Cl3NO2. The summed E-state index contributed by atoms with van der Waals surface area (Å²) in [6.07, 6.45) is 6.49. The maximum absolute atomic E-state index is 11.3. The quantitative estimate of drug-likeness (QED) is 0.760. The fraction of sp³-hybridized carbons (Fsp3) is 0.533. The summed E-state index contributed by atoms with van der Waals surface area (Å²) in [6.45, 7) is 1.92. The second-order valence-corrected chi connectivity index (χ2v) is 5.97. The van der Waals surface area contributed by atoms with Crippen LogP contribution in [0.4, 0.5) is 5.69 Å². The lowest BCUT2D eigenvalue weighted by Crippen LogP contribution is -2.23. The van der Waals surface area contributed by atoms with Crippen molar-refractivity contribution in [2.24, 2.45) is 0 Å². The van der Waals surface area contributed by atoms with Gasteiger partial charge in [0.25, 0.3) is 0 Å².